The van der Waals surface area contributed by atoms with E-state index in [9.17, 15) is 5.11 Å². The molecule has 3 heteroatoms. The molecule has 0 saturated heterocycles. The lowest BCUT2D eigenvalue weighted by molar-refractivity contribution is 0.218. The van der Waals surface area contributed by atoms with Gasteiger partial charge in [-0.15, -0.1) is 0 Å². The van der Waals surface area contributed by atoms with Crippen LogP contribution in [0.25, 0.3) is 5.52 Å². The first-order chi connectivity index (χ1) is 8.04. The van der Waals surface area contributed by atoms with Gasteiger partial charge in [0.25, 0.3) is 0 Å². The number of pyridine rings is 1. The van der Waals surface area contributed by atoms with Crippen LogP contribution in [0.1, 0.15) is 38.8 Å². The summed E-state index contributed by atoms with van der Waals surface area (Å²) in [6, 6.07) is 4.11. The van der Waals surface area contributed by atoms with Gasteiger partial charge in [-0.05, 0) is 24.1 Å². The van der Waals surface area contributed by atoms with E-state index in [1.807, 2.05) is 51.5 Å². The van der Waals surface area contributed by atoms with Crippen LogP contribution in [0.5, 0.6) is 0 Å². The Morgan fingerprint density at radius 2 is 1.94 bits per heavy atom. The van der Waals surface area contributed by atoms with Crippen molar-refractivity contribution in [3.05, 3.63) is 35.7 Å². The molecule has 0 aliphatic rings. The van der Waals surface area contributed by atoms with Gasteiger partial charge in [-0.2, -0.15) is 5.10 Å². The SMILES string of the molecule is CC.Cc1cnn2cc(C(C)(C)CO)ccc12. The van der Waals surface area contributed by atoms with Gasteiger partial charge in [-0.25, -0.2) is 4.52 Å². The van der Waals surface area contributed by atoms with E-state index in [1.165, 1.54) is 5.56 Å². The fraction of sp³-hybridized carbons (Fsp3) is 0.500. The van der Waals surface area contributed by atoms with Crippen molar-refractivity contribution in [2.24, 2.45) is 0 Å². The lowest BCUT2D eigenvalue weighted by Gasteiger charge is -2.21. The number of aryl methyl sites for hydroxylation is 1. The standard InChI is InChI=1S/C12H16N2O.C2H6/c1-9-6-13-14-7-10(4-5-11(9)14)12(2,3)8-15;1-2/h4-7,15H,8H2,1-3H3;1-2H3. The van der Waals surface area contributed by atoms with E-state index in [0.29, 0.717) is 0 Å². The maximum atomic E-state index is 9.30. The number of hydrogen-bond acceptors (Lipinski definition) is 2. The first-order valence-electron chi connectivity index (χ1n) is 6.10. The van der Waals surface area contributed by atoms with E-state index >= 15 is 0 Å². The van der Waals surface area contributed by atoms with E-state index in [1.54, 1.807) is 0 Å². The van der Waals surface area contributed by atoms with Crippen LogP contribution in [-0.2, 0) is 5.41 Å². The van der Waals surface area contributed by atoms with Gasteiger partial charge < -0.3 is 5.11 Å². The molecule has 0 fully saturated rings. The van der Waals surface area contributed by atoms with Crippen LogP contribution in [0, 0.1) is 6.92 Å². The molecule has 0 aromatic carbocycles. The van der Waals surface area contributed by atoms with Gasteiger partial charge in [0, 0.05) is 11.6 Å². The quantitative estimate of drug-likeness (QED) is 0.867. The molecule has 0 radical (unpaired) electrons. The summed E-state index contributed by atoms with van der Waals surface area (Å²) in [4.78, 5) is 0. The van der Waals surface area contributed by atoms with Crippen LogP contribution in [-0.4, -0.2) is 21.3 Å². The van der Waals surface area contributed by atoms with Crippen LogP contribution < -0.4 is 0 Å². The minimum atomic E-state index is -0.214. The van der Waals surface area contributed by atoms with Gasteiger partial charge in [0.15, 0.2) is 0 Å². The molecule has 0 aliphatic carbocycles. The summed E-state index contributed by atoms with van der Waals surface area (Å²) in [6.45, 7) is 10.2. The zero-order chi connectivity index (χ0) is 13.1. The molecule has 0 aliphatic heterocycles. The van der Waals surface area contributed by atoms with Crippen molar-refractivity contribution >= 4 is 5.52 Å². The van der Waals surface area contributed by atoms with Crippen molar-refractivity contribution in [2.75, 3.05) is 6.61 Å². The number of hydrogen-bond donors (Lipinski definition) is 1. The zero-order valence-corrected chi connectivity index (χ0v) is 11.4. The molecular formula is C14H22N2O. The molecule has 0 bridgehead atoms. The van der Waals surface area contributed by atoms with Gasteiger partial charge in [0.2, 0.25) is 0 Å². The summed E-state index contributed by atoms with van der Waals surface area (Å²) >= 11 is 0. The van der Waals surface area contributed by atoms with Gasteiger partial charge in [-0.3, -0.25) is 0 Å². The molecule has 3 nitrogen and oxygen atoms in total. The minimum absolute atomic E-state index is 0.138. The minimum Gasteiger partial charge on any atom is -0.395 e. The van der Waals surface area contributed by atoms with Crippen molar-refractivity contribution in [1.82, 2.24) is 9.61 Å². The Kier molecular flexibility index (Phi) is 4.29. The summed E-state index contributed by atoms with van der Waals surface area (Å²) in [6.07, 6.45) is 3.84. The lowest BCUT2D eigenvalue weighted by Crippen LogP contribution is -2.22. The molecule has 2 rings (SSSR count). The number of nitrogens with zero attached hydrogens (tertiary/aromatic N) is 2. The van der Waals surface area contributed by atoms with Crippen molar-refractivity contribution in [3.8, 4) is 0 Å². The Labute approximate surface area is 103 Å². The molecule has 0 spiro atoms. The molecule has 94 valence electrons. The number of aliphatic hydroxyl groups excluding tert-OH is 1. The Morgan fingerprint density at radius 3 is 2.53 bits per heavy atom. The van der Waals surface area contributed by atoms with Crippen molar-refractivity contribution in [2.45, 2.75) is 40.0 Å². The van der Waals surface area contributed by atoms with Gasteiger partial charge in [-0.1, -0.05) is 33.8 Å². The average Bonchev–Trinajstić information content (AvgIpc) is 2.73. The fourth-order valence-electron chi connectivity index (χ4n) is 1.60. The predicted molar refractivity (Wildman–Crippen MR) is 71.4 cm³/mol. The first kappa shape index (κ1) is 13.7. The number of aromatic nitrogens is 2. The van der Waals surface area contributed by atoms with E-state index in [-0.39, 0.29) is 12.0 Å². The van der Waals surface area contributed by atoms with Crippen LogP contribution in [0.3, 0.4) is 0 Å². The second kappa shape index (κ2) is 5.32. The molecule has 0 amide bonds. The summed E-state index contributed by atoms with van der Waals surface area (Å²) < 4.78 is 1.86. The summed E-state index contributed by atoms with van der Waals surface area (Å²) in [5.74, 6) is 0. The Bertz CT molecular complexity index is 486. The van der Waals surface area contributed by atoms with Gasteiger partial charge in [0.1, 0.15) is 0 Å². The predicted octanol–water partition coefficient (Wildman–Crippen LogP) is 2.94. The molecule has 17 heavy (non-hydrogen) atoms. The zero-order valence-electron chi connectivity index (χ0n) is 11.4. The van der Waals surface area contributed by atoms with E-state index in [4.69, 9.17) is 0 Å². The normalized spacial score (nSPS) is 11.2. The second-order valence-electron chi connectivity index (χ2n) is 4.62. The Hall–Kier alpha value is -1.35. The van der Waals surface area contributed by atoms with Crippen molar-refractivity contribution in [1.29, 1.82) is 0 Å². The maximum Gasteiger partial charge on any atom is 0.0690 e. The van der Waals surface area contributed by atoms with Crippen molar-refractivity contribution in [3.63, 3.8) is 0 Å². The highest BCUT2D eigenvalue weighted by Crippen LogP contribution is 2.23. The maximum absolute atomic E-state index is 9.30. The molecule has 2 heterocycles. The molecular weight excluding hydrogens is 212 g/mol. The average molecular weight is 234 g/mol. The third-order valence-electron chi connectivity index (χ3n) is 2.89. The van der Waals surface area contributed by atoms with Crippen LogP contribution in [0.4, 0.5) is 0 Å². The Morgan fingerprint density at radius 1 is 1.29 bits per heavy atom. The van der Waals surface area contributed by atoms with Gasteiger partial charge >= 0.3 is 0 Å². The fourth-order valence-corrected chi connectivity index (χ4v) is 1.60. The van der Waals surface area contributed by atoms with E-state index in [0.717, 1.165) is 11.1 Å². The Balaban J connectivity index is 0.000000686. The topological polar surface area (TPSA) is 37.5 Å². The number of aliphatic hydroxyl groups is 1. The molecule has 1 N–H and O–H groups in total. The van der Waals surface area contributed by atoms with Crippen LogP contribution >= 0.6 is 0 Å². The molecule has 0 atom stereocenters. The summed E-state index contributed by atoms with van der Waals surface area (Å²) in [7, 11) is 0. The van der Waals surface area contributed by atoms with Gasteiger partial charge in [0.05, 0.1) is 18.3 Å². The molecule has 0 saturated carbocycles. The number of fused-ring (bicyclic) bond motifs is 1. The third kappa shape index (κ3) is 2.67. The largest absolute Gasteiger partial charge is 0.395 e. The second-order valence-corrected chi connectivity index (χ2v) is 4.62. The highest BCUT2D eigenvalue weighted by Gasteiger charge is 2.19. The van der Waals surface area contributed by atoms with Crippen LogP contribution in [0.15, 0.2) is 24.5 Å². The first-order valence-corrected chi connectivity index (χ1v) is 6.10. The van der Waals surface area contributed by atoms with Crippen molar-refractivity contribution < 1.29 is 5.11 Å². The monoisotopic (exact) mass is 234 g/mol. The van der Waals surface area contributed by atoms with E-state index < -0.39 is 0 Å². The van der Waals surface area contributed by atoms with E-state index in [2.05, 4.69) is 17.2 Å². The summed E-state index contributed by atoms with van der Waals surface area (Å²) in [5, 5.41) is 13.6. The third-order valence-corrected chi connectivity index (χ3v) is 2.89. The highest BCUT2D eigenvalue weighted by atomic mass is 16.3. The molecule has 0 unspecified atom stereocenters. The highest BCUT2D eigenvalue weighted by molar-refractivity contribution is 5.53. The molecule has 2 aromatic rings. The summed E-state index contributed by atoms with van der Waals surface area (Å²) in [5.41, 5.74) is 3.17. The molecule has 2 aromatic heterocycles. The smallest absolute Gasteiger partial charge is 0.0690 e. The lowest BCUT2D eigenvalue weighted by atomic mass is 9.87. The van der Waals surface area contributed by atoms with Crippen LogP contribution in [0.2, 0.25) is 0 Å². The number of rotatable bonds is 2.